The van der Waals surface area contributed by atoms with E-state index in [1.54, 1.807) is 6.33 Å². The lowest BCUT2D eigenvalue weighted by Crippen LogP contribution is -2.25. The molecule has 17 heavy (non-hydrogen) atoms. The average molecular weight is 227 g/mol. The standard InChI is InChI=1S/C13H13N3O/c1-2-4-10(5-3-1)17-13-11-8-14-7-6-12(11)15-9-16-13/h1-5,9,14H,6-8H2. The first kappa shape index (κ1) is 10.2. The van der Waals surface area contributed by atoms with Gasteiger partial charge in [0.15, 0.2) is 0 Å². The maximum absolute atomic E-state index is 5.79. The maximum Gasteiger partial charge on any atom is 0.227 e. The van der Waals surface area contributed by atoms with Gasteiger partial charge in [-0.25, -0.2) is 9.97 Å². The number of fused-ring (bicyclic) bond motifs is 1. The highest BCUT2D eigenvalue weighted by atomic mass is 16.5. The second-order valence-electron chi connectivity index (χ2n) is 3.95. The first-order valence-corrected chi connectivity index (χ1v) is 5.70. The van der Waals surface area contributed by atoms with Crippen molar-refractivity contribution in [1.29, 1.82) is 0 Å². The van der Waals surface area contributed by atoms with Crippen LogP contribution in [0.2, 0.25) is 0 Å². The minimum absolute atomic E-state index is 0.661. The molecular weight excluding hydrogens is 214 g/mol. The Bertz CT molecular complexity index is 513. The molecule has 0 fully saturated rings. The summed E-state index contributed by atoms with van der Waals surface area (Å²) in [6.45, 7) is 1.74. The van der Waals surface area contributed by atoms with Crippen molar-refractivity contribution in [2.75, 3.05) is 6.54 Å². The minimum Gasteiger partial charge on any atom is -0.439 e. The fraction of sp³-hybridized carbons (Fsp3) is 0.231. The summed E-state index contributed by atoms with van der Waals surface area (Å²) in [5.74, 6) is 1.47. The number of nitrogens with one attached hydrogen (secondary N) is 1. The second kappa shape index (κ2) is 4.51. The van der Waals surface area contributed by atoms with E-state index < -0.39 is 0 Å². The highest BCUT2D eigenvalue weighted by molar-refractivity contribution is 5.35. The Kier molecular flexibility index (Phi) is 2.71. The van der Waals surface area contributed by atoms with Crippen LogP contribution in [0, 0.1) is 0 Å². The third-order valence-corrected chi connectivity index (χ3v) is 2.79. The van der Waals surface area contributed by atoms with Crippen LogP contribution in [-0.4, -0.2) is 16.5 Å². The fourth-order valence-electron chi connectivity index (χ4n) is 1.93. The van der Waals surface area contributed by atoms with Gasteiger partial charge in [-0.2, -0.15) is 0 Å². The SMILES string of the molecule is c1ccc(Oc2ncnc3c2CNCC3)cc1. The molecule has 1 aliphatic heterocycles. The number of rotatable bonds is 2. The van der Waals surface area contributed by atoms with Crippen molar-refractivity contribution in [3.8, 4) is 11.6 Å². The smallest absolute Gasteiger partial charge is 0.227 e. The van der Waals surface area contributed by atoms with Crippen LogP contribution in [0.3, 0.4) is 0 Å². The Morgan fingerprint density at radius 2 is 2.00 bits per heavy atom. The molecule has 0 amide bonds. The maximum atomic E-state index is 5.79. The number of ether oxygens (including phenoxy) is 1. The summed E-state index contributed by atoms with van der Waals surface area (Å²) in [6.07, 6.45) is 2.51. The molecule has 1 aromatic carbocycles. The first-order valence-electron chi connectivity index (χ1n) is 5.70. The number of nitrogens with zero attached hydrogens (tertiary/aromatic N) is 2. The summed E-state index contributed by atoms with van der Waals surface area (Å²) in [4.78, 5) is 8.50. The van der Waals surface area contributed by atoms with E-state index in [0.717, 1.165) is 36.5 Å². The number of benzene rings is 1. The summed E-state index contributed by atoms with van der Waals surface area (Å²) >= 11 is 0. The van der Waals surface area contributed by atoms with Crippen molar-refractivity contribution in [1.82, 2.24) is 15.3 Å². The third-order valence-electron chi connectivity index (χ3n) is 2.79. The molecule has 0 radical (unpaired) electrons. The van der Waals surface area contributed by atoms with E-state index in [4.69, 9.17) is 4.74 Å². The summed E-state index contributed by atoms with van der Waals surface area (Å²) < 4.78 is 5.79. The van der Waals surface area contributed by atoms with Gasteiger partial charge in [0.05, 0.1) is 11.3 Å². The Labute approximate surface area is 99.7 Å². The van der Waals surface area contributed by atoms with E-state index in [-0.39, 0.29) is 0 Å². The van der Waals surface area contributed by atoms with Crippen LogP contribution in [-0.2, 0) is 13.0 Å². The summed E-state index contributed by atoms with van der Waals surface area (Å²) in [7, 11) is 0. The fourth-order valence-corrected chi connectivity index (χ4v) is 1.93. The van der Waals surface area contributed by atoms with Crippen LogP contribution in [0.4, 0.5) is 0 Å². The first-order chi connectivity index (χ1) is 8.43. The Hall–Kier alpha value is -1.94. The molecular formula is C13H13N3O. The molecule has 0 bridgehead atoms. The normalized spacial score (nSPS) is 14.1. The summed E-state index contributed by atoms with van der Waals surface area (Å²) in [6, 6.07) is 9.70. The molecule has 2 heterocycles. The quantitative estimate of drug-likeness (QED) is 0.851. The lowest BCUT2D eigenvalue weighted by atomic mass is 10.1. The van der Waals surface area contributed by atoms with Crippen LogP contribution in [0.5, 0.6) is 11.6 Å². The number of hydrogen-bond donors (Lipinski definition) is 1. The van der Waals surface area contributed by atoms with Crippen molar-refractivity contribution in [3.05, 3.63) is 47.9 Å². The number of para-hydroxylation sites is 1. The average Bonchev–Trinajstić information content (AvgIpc) is 2.40. The summed E-state index contributed by atoms with van der Waals surface area (Å²) in [5.41, 5.74) is 2.16. The molecule has 1 N–H and O–H groups in total. The van der Waals surface area contributed by atoms with Gasteiger partial charge in [0, 0.05) is 19.5 Å². The molecule has 0 spiro atoms. The van der Waals surface area contributed by atoms with Gasteiger partial charge in [-0.05, 0) is 12.1 Å². The molecule has 4 nitrogen and oxygen atoms in total. The van der Waals surface area contributed by atoms with E-state index >= 15 is 0 Å². The van der Waals surface area contributed by atoms with Crippen molar-refractivity contribution in [2.45, 2.75) is 13.0 Å². The zero-order valence-corrected chi connectivity index (χ0v) is 9.39. The largest absolute Gasteiger partial charge is 0.439 e. The molecule has 0 unspecified atom stereocenters. The van der Waals surface area contributed by atoms with Crippen molar-refractivity contribution < 1.29 is 4.74 Å². The van der Waals surface area contributed by atoms with Gasteiger partial charge in [0.2, 0.25) is 5.88 Å². The van der Waals surface area contributed by atoms with Gasteiger partial charge in [0.25, 0.3) is 0 Å². The Morgan fingerprint density at radius 1 is 1.12 bits per heavy atom. The van der Waals surface area contributed by atoms with Gasteiger partial charge >= 0.3 is 0 Å². The zero-order chi connectivity index (χ0) is 11.5. The zero-order valence-electron chi connectivity index (χ0n) is 9.39. The van der Waals surface area contributed by atoms with Crippen molar-refractivity contribution in [3.63, 3.8) is 0 Å². The van der Waals surface area contributed by atoms with Crippen LogP contribution in [0.15, 0.2) is 36.7 Å². The molecule has 4 heteroatoms. The monoisotopic (exact) mass is 227 g/mol. The van der Waals surface area contributed by atoms with Gasteiger partial charge in [-0.15, -0.1) is 0 Å². The van der Waals surface area contributed by atoms with Gasteiger partial charge in [-0.1, -0.05) is 18.2 Å². The predicted molar refractivity (Wildman–Crippen MR) is 64.0 cm³/mol. The number of aromatic nitrogens is 2. The Morgan fingerprint density at radius 3 is 2.88 bits per heavy atom. The molecule has 2 aromatic rings. The molecule has 0 atom stereocenters. The van der Waals surface area contributed by atoms with Crippen LogP contribution in [0.1, 0.15) is 11.3 Å². The van der Waals surface area contributed by atoms with Crippen LogP contribution >= 0.6 is 0 Å². The highest BCUT2D eigenvalue weighted by Gasteiger charge is 2.16. The van der Waals surface area contributed by atoms with E-state index in [2.05, 4.69) is 15.3 Å². The lowest BCUT2D eigenvalue weighted by Gasteiger charge is -2.18. The molecule has 0 saturated carbocycles. The molecule has 0 aliphatic carbocycles. The van der Waals surface area contributed by atoms with E-state index in [1.165, 1.54) is 0 Å². The summed E-state index contributed by atoms with van der Waals surface area (Å²) in [5, 5.41) is 3.31. The van der Waals surface area contributed by atoms with E-state index in [9.17, 15) is 0 Å². The van der Waals surface area contributed by atoms with Crippen LogP contribution < -0.4 is 10.1 Å². The van der Waals surface area contributed by atoms with E-state index in [0.29, 0.717) is 5.88 Å². The highest BCUT2D eigenvalue weighted by Crippen LogP contribution is 2.25. The minimum atomic E-state index is 0.661. The topological polar surface area (TPSA) is 47.0 Å². The van der Waals surface area contributed by atoms with Crippen molar-refractivity contribution in [2.24, 2.45) is 0 Å². The molecule has 86 valence electrons. The van der Waals surface area contributed by atoms with Gasteiger partial charge in [-0.3, -0.25) is 0 Å². The molecule has 0 saturated heterocycles. The Balaban J connectivity index is 1.93. The number of hydrogen-bond acceptors (Lipinski definition) is 4. The van der Waals surface area contributed by atoms with Gasteiger partial charge in [0.1, 0.15) is 12.1 Å². The van der Waals surface area contributed by atoms with E-state index in [1.807, 2.05) is 30.3 Å². The lowest BCUT2D eigenvalue weighted by molar-refractivity contribution is 0.444. The second-order valence-corrected chi connectivity index (χ2v) is 3.95. The molecule has 1 aromatic heterocycles. The van der Waals surface area contributed by atoms with Crippen molar-refractivity contribution >= 4 is 0 Å². The molecule has 3 rings (SSSR count). The van der Waals surface area contributed by atoms with Crippen LogP contribution in [0.25, 0.3) is 0 Å². The third kappa shape index (κ3) is 2.12. The predicted octanol–water partition coefficient (Wildman–Crippen LogP) is 1.91. The van der Waals surface area contributed by atoms with Gasteiger partial charge < -0.3 is 10.1 Å². The molecule has 1 aliphatic rings.